The summed E-state index contributed by atoms with van der Waals surface area (Å²) in [6.45, 7) is 2.63. The minimum Gasteiger partial charge on any atom is -0.339 e. The molecule has 0 bridgehead atoms. The van der Waals surface area contributed by atoms with Crippen molar-refractivity contribution in [1.82, 2.24) is 4.90 Å². The topological polar surface area (TPSA) is 20.3 Å². The van der Waals surface area contributed by atoms with E-state index in [4.69, 9.17) is 11.6 Å². The number of amides is 1. The van der Waals surface area contributed by atoms with Gasteiger partial charge in [-0.1, -0.05) is 6.92 Å². The third-order valence-electron chi connectivity index (χ3n) is 2.46. The second-order valence-corrected chi connectivity index (χ2v) is 3.59. The maximum Gasteiger partial charge on any atom is 0.222 e. The van der Waals surface area contributed by atoms with Crippen LogP contribution in [0.1, 0.15) is 32.6 Å². The zero-order valence-corrected chi connectivity index (χ0v) is 8.31. The van der Waals surface area contributed by atoms with E-state index in [0.717, 1.165) is 6.54 Å². The summed E-state index contributed by atoms with van der Waals surface area (Å²) >= 11 is 5.63. The van der Waals surface area contributed by atoms with Gasteiger partial charge in [0.05, 0.1) is 0 Å². The molecular weight excluding hydrogens is 174 g/mol. The highest BCUT2D eigenvalue weighted by Crippen LogP contribution is 2.25. The fourth-order valence-corrected chi connectivity index (χ4v) is 1.69. The first kappa shape index (κ1) is 9.85. The summed E-state index contributed by atoms with van der Waals surface area (Å²) in [7, 11) is 0. The third kappa shape index (κ3) is 2.13. The zero-order valence-electron chi connectivity index (χ0n) is 7.55. The van der Waals surface area contributed by atoms with Crippen LogP contribution in [0.15, 0.2) is 0 Å². The predicted molar refractivity (Wildman–Crippen MR) is 50.4 cm³/mol. The quantitative estimate of drug-likeness (QED) is 0.620. The third-order valence-corrected chi connectivity index (χ3v) is 2.63. The summed E-state index contributed by atoms with van der Waals surface area (Å²) in [5.41, 5.74) is 0. The van der Waals surface area contributed by atoms with Crippen LogP contribution in [0.3, 0.4) is 0 Å². The van der Waals surface area contributed by atoms with Crippen LogP contribution < -0.4 is 0 Å². The summed E-state index contributed by atoms with van der Waals surface area (Å²) in [5, 5.41) is 0. The summed E-state index contributed by atoms with van der Waals surface area (Å²) in [5.74, 6) is 0.808. The van der Waals surface area contributed by atoms with Crippen molar-refractivity contribution in [2.75, 3.05) is 12.4 Å². The number of hydrogen-bond acceptors (Lipinski definition) is 1. The van der Waals surface area contributed by atoms with E-state index in [9.17, 15) is 4.79 Å². The van der Waals surface area contributed by atoms with E-state index in [1.54, 1.807) is 0 Å². The van der Waals surface area contributed by atoms with Crippen molar-refractivity contribution in [2.24, 2.45) is 0 Å². The van der Waals surface area contributed by atoms with Gasteiger partial charge in [-0.05, 0) is 19.3 Å². The largest absolute Gasteiger partial charge is 0.339 e. The van der Waals surface area contributed by atoms with Gasteiger partial charge in [-0.3, -0.25) is 4.79 Å². The lowest BCUT2D eigenvalue weighted by Gasteiger charge is -2.37. The molecule has 0 aromatic rings. The van der Waals surface area contributed by atoms with E-state index in [-0.39, 0.29) is 5.91 Å². The first-order valence-electron chi connectivity index (χ1n) is 4.65. The molecule has 1 saturated carbocycles. The summed E-state index contributed by atoms with van der Waals surface area (Å²) < 4.78 is 0. The molecule has 3 heteroatoms. The standard InChI is InChI=1S/C9H16ClNO/c1-2-9(12)11(7-6-10)8-4-3-5-8/h8H,2-7H2,1H3. The highest BCUT2D eigenvalue weighted by Gasteiger charge is 2.26. The van der Waals surface area contributed by atoms with Gasteiger partial charge in [-0.2, -0.15) is 0 Å². The maximum atomic E-state index is 11.4. The van der Waals surface area contributed by atoms with Crippen LogP contribution in [0.25, 0.3) is 0 Å². The molecule has 1 rings (SSSR count). The number of rotatable bonds is 4. The van der Waals surface area contributed by atoms with Crippen molar-refractivity contribution in [3.8, 4) is 0 Å². The fourth-order valence-electron chi connectivity index (χ4n) is 1.50. The molecule has 0 saturated heterocycles. The van der Waals surface area contributed by atoms with E-state index < -0.39 is 0 Å². The Bertz CT molecular complexity index is 157. The first-order chi connectivity index (χ1) is 5.79. The molecule has 0 unspecified atom stereocenters. The molecule has 0 atom stereocenters. The Morgan fingerprint density at radius 3 is 2.58 bits per heavy atom. The monoisotopic (exact) mass is 189 g/mol. The second-order valence-electron chi connectivity index (χ2n) is 3.21. The average molecular weight is 190 g/mol. The van der Waals surface area contributed by atoms with Gasteiger partial charge >= 0.3 is 0 Å². The van der Waals surface area contributed by atoms with Crippen molar-refractivity contribution < 1.29 is 4.79 Å². The van der Waals surface area contributed by atoms with Crippen molar-refractivity contribution in [3.05, 3.63) is 0 Å². The summed E-state index contributed by atoms with van der Waals surface area (Å²) in [4.78, 5) is 13.3. The Balaban J connectivity index is 2.41. The average Bonchev–Trinajstić information content (AvgIpc) is 1.99. The summed E-state index contributed by atoms with van der Waals surface area (Å²) in [6.07, 6.45) is 4.21. The number of carbonyl (C=O) groups excluding carboxylic acids is 1. The van der Waals surface area contributed by atoms with Crippen LogP contribution in [0.2, 0.25) is 0 Å². The van der Waals surface area contributed by atoms with Crippen molar-refractivity contribution in [3.63, 3.8) is 0 Å². The molecule has 2 nitrogen and oxygen atoms in total. The van der Waals surface area contributed by atoms with E-state index in [1.807, 2.05) is 11.8 Å². The molecule has 0 aromatic carbocycles. The molecule has 0 spiro atoms. The Morgan fingerprint density at radius 2 is 2.25 bits per heavy atom. The molecule has 1 amide bonds. The van der Waals surface area contributed by atoms with Crippen LogP contribution >= 0.6 is 11.6 Å². The SMILES string of the molecule is CCC(=O)N(CCCl)C1CCC1. The van der Waals surface area contributed by atoms with Gasteiger partial charge in [-0.25, -0.2) is 0 Å². The fraction of sp³-hybridized carbons (Fsp3) is 0.889. The van der Waals surface area contributed by atoms with Gasteiger partial charge in [0.25, 0.3) is 0 Å². The van der Waals surface area contributed by atoms with Crippen molar-refractivity contribution in [2.45, 2.75) is 38.6 Å². The molecule has 1 aliphatic carbocycles. The molecule has 70 valence electrons. The molecule has 12 heavy (non-hydrogen) atoms. The molecule has 0 aliphatic heterocycles. The van der Waals surface area contributed by atoms with Gasteiger partial charge in [0, 0.05) is 24.9 Å². The second kappa shape index (κ2) is 4.70. The lowest BCUT2D eigenvalue weighted by molar-refractivity contribution is -0.134. The van der Waals surface area contributed by atoms with Crippen LogP contribution in [0.4, 0.5) is 0 Å². The Labute approximate surface area is 78.9 Å². The Kier molecular flexibility index (Phi) is 3.86. The number of alkyl halides is 1. The molecule has 0 aromatic heterocycles. The first-order valence-corrected chi connectivity index (χ1v) is 5.18. The number of nitrogens with zero attached hydrogens (tertiary/aromatic N) is 1. The highest BCUT2D eigenvalue weighted by atomic mass is 35.5. The lowest BCUT2D eigenvalue weighted by Crippen LogP contribution is -2.44. The Hall–Kier alpha value is -0.240. The van der Waals surface area contributed by atoms with Crippen LogP contribution in [0, 0.1) is 0 Å². The van der Waals surface area contributed by atoms with E-state index in [2.05, 4.69) is 0 Å². The highest BCUT2D eigenvalue weighted by molar-refractivity contribution is 6.18. The number of carbonyl (C=O) groups is 1. The zero-order chi connectivity index (χ0) is 8.97. The van der Waals surface area contributed by atoms with Gasteiger partial charge in [0.1, 0.15) is 0 Å². The van der Waals surface area contributed by atoms with Crippen molar-refractivity contribution in [1.29, 1.82) is 0 Å². The van der Waals surface area contributed by atoms with Crippen molar-refractivity contribution >= 4 is 17.5 Å². The predicted octanol–water partition coefficient (Wildman–Crippen LogP) is 2.02. The smallest absolute Gasteiger partial charge is 0.222 e. The van der Waals surface area contributed by atoms with Gasteiger partial charge in [-0.15, -0.1) is 11.6 Å². The van der Waals surface area contributed by atoms with E-state index in [1.165, 1.54) is 19.3 Å². The lowest BCUT2D eigenvalue weighted by atomic mass is 9.91. The maximum absolute atomic E-state index is 11.4. The van der Waals surface area contributed by atoms with Crippen LogP contribution in [-0.4, -0.2) is 29.3 Å². The molecule has 0 N–H and O–H groups in total. The number of hydrogen-bond donors (Lipinski definition) is 0. The van der Waals surface area contributed by atoms with Crippen LogP contribution in [0.5, 0.6) is 0 Å². The summed E-state index contributed by atoms with van der Waals surface area (Å²) in [6, 6.07) is 0.496. The molecule has 0 radical (unpaired) electrons. The molecular formula is C9H16ClNO. The molecule has 0 heterocycles. The molecule has 1 aliphatic rings. The Morgan fingerprint density at radius 1 is 1.58 bits per heavy atom. The van der Waals surface area contributed by atoms with Gasteiger partial charge < -0.3 is 4.90 Å². The van der Waals surface area contributed by atoms with E-state index in [0.29, 0.717) is 18.3 Å². The van der Waals surface area contributed by atoms with Crippen LogP contribution in [-0.2, 0) is 4.79 Å². The minimum atomic E-state index is 0.250. The minimum absolute atomic E-state index is 0.250. The molecule has 1 fully saturated rings. The van der Waals surface area contributed by atoms with Gasteiger partial charge in [0.15, 0.2) is 0 Å². The number of halogens is 1. The van der Waals surface area contributed by atoms with E-state index >= 15 is 0 Å². The normalized spacial score (nSPS) is 17.2. The van der Waals surface area contributed by atoms with Gasteiger partial charge in [0.2, 0.25) is 5.91 Å².